The van der Waals surface area contributed by atoms with Crippen LogP contribution in [0.2, 0.25) is 0 Å². The molecule has 0 unspecified atom stereocenters. The lowest BCUT2D eigenvalue weighted by Crippen LogP contribution is -2.62. The Morgan fingerprint density at radius 1 is 1.19 bits per heavy atom. The molecule has 2 aliphatic rings. The summed E-state index contributed by atoms with van der Waals surface area (Å²) in [4.78, 5) is 38.5. The van der Waals surface area contributed by atoms with Gasteiger partial charge in [0.2, 0.25) is 5.91 Å². The Labute approximate surface area is 156 Å². The molecule has 27 heavy (non-hydrogen) atoms. The largest absolute Gasteiger partial charge is 0.496 e. The van der Waals surface area contributed by atoms with Crippen molar-refractivity contribution in [3.63, 3.8) is 0 Å². The van der Waals surface area contributed by atoms with E-state index < -0.39 is 6.09 Å². The quantitative estimate of drug-likeness (QED) is 0.807. The van der Waals surface area contributed by atoms with E-state index in [0.717, 1.165) is 27.0 Å². The molecule has 0 saturated carbocycles. The SMILES string of the molecule is COc1ccc2ccccc2c1CCC(=O)N1CC(N2C(=O)COC2=O)C1. The van der Waals surface area contributed by atoms with Crippen molar-refractivity contribution in [2.75, 3.05) is 26.8 Å². The fourth-order valence-electron chi connectivity index (χ4n) is 3.69. The Morgan fingerprint density at radius 2 is 1.96 bits per heavy atom. The van der Waals surface area contributed by atoms with Crippen LogP contribution in [0, 0.1) is 0 Å². The number of methoxy groups -OCH3 is 1. The zero-order valence-electron chi connectivity index (χ0n) is 15.0. The first-order chi connectivity index (χ1) is 13.1. The van der Waals surface area contributed by atoms with Gasteiger partial charge in [0.1, 0.15) is 5.75 Å². The zero-order chi connectivity index (χ0) is 19.0. The first-order valence-corrected chi connectivity index (χ1v) is 8.89. The number of imide groups is 1. The van der Waals surface area contributed by atoms with Crippen LogP contribution in [0.1, 0.15) is 12.0 Å². The lowest BCUT2D eigenvalue weighted by molar-refractivity contribution is -0.142. The Balaban J connectivity index is 1.40. The van der Waals surface area contributed by atoms with E-state index in [2.05, 4.69) is 0 Å². The van der Waals surface area contributed by atoms with Gasteiger partial charge in [0, 0.05) is 25.1 Å². The van der Waals surface area contributed by atoms with Crippen LogP contribution in [0.5, 0.6) is 5.75 Å². The van der Waals surface area contributed by atoms with Crippen molar-refractivity contribution in [1.82, 2.24) is 9.80 Å². The van der Waals surface area contributed by atoms with Gasteiger partial charge in [-0.1, -0.05) is 30.3 Å². The molecular formula is C20H20N2O5. The maximum absolute atomic E-state index is 12.5. The number of nitrogens with zero attached hydrogens (tertiary/aromatic N) is 2. The Hall–Kier alpha value is -3.09. The number of carbonyl (C=O) groups is 3. The fraction of sp³-hybridized carbons (Fsp3) is 0.350. The minimum atomic E-state index is -0.613. The second-order valence-electron chi connectivity index (χ2n) is 6.74. The summed E-state index contributed by atoms with van der Waals surface area (Å²) < 4.78 is 10.2. The molecule has 0 radical (unpaired) electrons. The van der Waals surface area contributed by atoms with E-state index in [1.54, 1.807) is 12.0 Å². The fourth-order valence-corrected chi connectivity index (χ4v) is 3.69. The van der Waals surface area contributed by atoms with Crippen molar-refractivity contribution in [2.45, 2.75) is 18.9 Å². The number of ether oxygens (including phenoxy) is 2. The summed E-state index contributed by atoms with van der Waals surface area (Å²) in [6.07, 6.45) is 0.294. The zero-order valence-corrected chi connectivity index (χ0v) is 15.0. The lowest BCUT2D eigenvalue weighted by atomic mass is 9.98. The predicted molar refractivity (Wildman–Crippen MR) is 97.4 cm³/mol. The molecule has 140 valence electrons. The van der Waals surface area contributed by atoms with E-state index in [1.165, 1.54) is 0 Å². The van der Waals surface area contributed by atoms with Gasteiger partial charge in [0.15, 0.2) is 6.61 Å². The van der Waals surface area contributed by atoms with Crippen LogP contribution in [0.15, 0.2) is 36.4 Å². The highest BCUT2D eigenvalue weighted by molar-refractivity contribution is 5.98. The second-order valence-corrected chi connectivity index (χ2v) is 6.74. The minimum absolute atomic E-state index is 0.00116. The third kappa shape index (κ3) is 3.09. The van der Waals surface area contributed by atoms with Crippen LogP contribution in [-0.4, -0.2) is 60.6 Å². The molecule has 0 N–H and O–H groups in total. The van der Waals surface area contributed by atoms with Gasteiger partial charge in [-0.15, -0.1) is 0 Å². The van der Waals surface area contributed by atoms with Crippen molar-refractivity contribution < 1.29 is 23.9 Å². The van der Waals surface area contributed by atoms with Gasteiger partial charge in [0.25, 0.3) is 5.91 Å². The number of likely N-dealkylation sites (tertiary alicyclic amines) is 1. The molecule has 3 amide bonds. The van der Waals surface area contributed by atoms with Crippen LogP contribution in [0.3, 0.4) is 0 Å². The average Bonchev–Trinajstić information content (AvgIpc) is 2.97. The van der Waals surface area contributed by atoms with Gasteiger partial charge in [-0.2, -0.15) is 0 Å². The van der Waals surface area contributed by atoms with Crippen molar-refractivity contribution >= 4 is 28.7 Å². The lowest BCUT2D eigenvalue weighted by Gasteiger charge is -2.42. The van der Waals surface area contributed by atoms with Crippen molar-refractivity contribution in [3.05, 3.63) is 42.0 Å². The van der Waals surface area contributed by atoms with Crippen LogP contribution in [0.4, 0.5) is 4.79 Å². The number of carbonyl (C=O) groups excluding carboxylic acids is 3. The summed E-state index contributed by atoms with van der Waals surface area (Å²) in [7, 11) is 1.63. The number of amides is 3. The summed E-state index contributed by atoms with van der Waals surface area (Å²) in [5, 5.41) is 2.19. The Morgan fingerprint density at radius 3 is 2.67 bits per heavy atom. The number of aryl methyl sites for hydroxylation is 1. The van der Waals surface area contributed by atoms with E-state index in [9.17, 15) is 14.4 Å². The monoisotopic (exact) mass is 368 g/mol. The second kappa shape index (κ2) is 6.90. The minimum Gasteiger partial charge on any atom is -0.496 e. The maximum Gasteiger partial charge on any atom is 0.417 e. The number of benzene rings is 2. The van der Waals surface area contributed by atoms with Gasteiger partial charge in [-0.3, -0.25) is 9.59 Å². The van der Waals surface area contributed by atoms with Crippen LogP contribution >= 0.6 is 0 Å². The summed E-state index contributed by atoms with van der Waals surface area (Å²) in [6, 6.07) is 11.7. The molecule has 2 aromatic rings. The number of rotatable bonds is 5. The topological polar surface area (TPSA) is 76.2 Å². The van der Waals surface area contributed by atoms with Crippen molar-refractivity contribution in [3.8, 4) is 5.75 Å². The molecule has 0 bridgehead atoms. The normalized spacial score (nSPS) is 17.2. The summed E-state index contributed by atoms with van der Waals surface area (Å²) >= 11 is 0. The number of fused-ring (bicyclic) bond motifs is 1. The number of hydrogen-bond acceptors (Lipinski definition) is 5. The predicted octanol–water partition coefficient (Wildman–Crippen LogP) is 1.97. The van der Waals surface area contributed by atoms with Crippen LogP contribution in [-0.2, 0) is 20.7 Å². The average molecular weight is 368 g/mol. The highest BCUT2D eigenvalue weighted by atomic mass is 16.6. The first kappa shape index (κ1) is 17.3. The van der Waals surface area contributed by atoms with Gasteiger partial charge in [-0.05, 0) is 23.3 Å². The Kier molecular flexibility index (Phi) is 4.43. The van der Waals surface area contributed by atoms with E-state index in [4.69, 9.17) is 9.47 Å². The molecule has 7 heteroatoms. The first-order valence-electron chi connectivity index (χ1n) is 8.89. The summed E-state index contributed by atoms with van der Waals surface area (Å²) in [5.74, 6) is 0.437. The molecular weight excluding hydrogens is 348 g/mol. The molecule has 4 rings (SSSR count). The maximum atomic E-state index is 12.5. The molecule has 2 heterocycles. The molecule has 0 atom stereocenters. The molecule has 0 aromatic heterocycles. The van der Waals surface area contributed by atoms with Gasteiger partial charge >= 0.3 is 6.09 Å². The standard InChI is InChI=1S/C20H20N2O5/c1-26-17-8-6-13-4-2-3-5-15(13)16(17)7-9-18(23)21-10-14(11-21)22-19(24)12-27-20(22)25/h2-6,8,14H,7,9-12H2,1H3. The number of hydrogen-bond donors (Lipinski definition) is 0. The summed E-state index contributed by atoms with van der Waals surface area (Å²) in [5.41, 5.74) is 1.01. The van der Waals surface area contributed by atoms with Gasteiger partial charge in [0.05, 0.1) is 13.2 Å². The van der Waals surface area contributed by atoms with E-state index in [1.807, 2.05) is 36.4 Å². The Bertz CT molecular complexity index is 904. The van der Waals surface area contributed by atoms with Crippen molar-refractivity contribution in [2.24, 2.45) is 0 Å². The molecule has 2 saturated heterocycles. The molecule has 0 spiro atoms. The van der Waals surface area contributed by atoms with E-state index in [0.29, 0.717) is 25.9 Å². The van der Waals surface area contributed by atoms with Gasteiger partial charge < -0.3 is 14.4 Å². The summed E-state index contributed by atoms with van der Waals surface area (Å²) in [6.45, 7) is 0.531. The van der Waals surface area contributed by atoms with E-state index >= 15 is 0 Å². The van der Waals surface area contributed by atoms with Crippen molar-refractivity contribution in [1.29, 1.82) is 0 Å². The number of cyclic esters (lactones) is 1. The van der Waals surface area contributed by atoms with Crippen LogP contribution in [0.25, 0.3) is 10.8 Å². The highest BCUT2D eigenvalue weighted by Crippen LogP contribution is 2.29. The van der Waals surface area contributed by atoms with E-state index in [-0.39, 0.29) is 24.5 Å². The molecule has 2 aromatic carbocycles. The van der Waals surface area contributed by atoms with Gasteiger partial charge in [-0.25, -0.2) is 9.69 Å². The van der Waals surface area contributed by atoms with Crippen LogP contribution < -0.4 is 4.74 Å². The molecule has 2 aliphatic heterocycles. The highest BCUT2D eigenvalue weighted by Gasteiger charge is 2.44. The third-order valence-corrected chi connectivity index (χ3v) is 5.17. The smallest absolute Gasteiger partial charge is 0.417 e. The molecule has 0 aliphatic carbocycles. The molecule has 2 fully saturated rings. The molecule has 7 nitrogen and oxygen atoms in total. The third-order valence-electron chi connectivity index (χ3n) is 5.17.